The van der Waals surface area contributed by atoms with Gasteiger partial charge in [0.1, 0.15) is 0 Å². The Morgan fingerprint density at radius 3 is 2.31 bits per heavy atom. The first-order chi connectivity index (χ1) is 14.0. The lowest BCUT2D eigenvalue weighted by atomic mass is 9.49. The van der Waals surface area contributed by atoms with Crippen molar-refractivity contribution in [1.82, 2.24) is 10.6 Å². The zero-order valence-corrected chi connectivity index (χ0v) is 17.9. The number of hydrogen-bond acceptors (Lipinski definition) is 3. The zero-order chi connectivity index (χ0) is 20.4. The lowest BCUT2D eigenvalue weighted by Crippen LogP contribution is -2.54. The standard InChI is InChI=1S/C24H35N3O2/c1-3-27(21-6-4-5-17(2)9-21)8-7-25-22(28)16-26-23(29)24-13-18-10-19(14-24)12-20(11-18)15-24/h4-6,9,18-20H,3,7-8,10-16H2,1-2H3,(H,25,28)(H,26,29). The zero-order valence-electron chi connectivity index (χ0n) is 17.9. The first kappa shape index (κ1) is 20.2. The predicted molar refractivity (Wildman–Crippen MR) is 116 cm³/mol. The third-order valence-corrected chi connectivity index (χ3v) is 7.38. The van der Waals surface area contributed by atoms with Gasteiger partial charge in [0, 0.05) is 30.7 Å². The fourth-order valence-electron chi connectivity index (χ4n) is 6.42. The molecule has 1 aromatic rings. The SMILES string of the molecule is CCN(CCNC(=O)CNC(=O)C12CC3CC(CC(C3)C1)C2)c1cccc(C)c1. The van der Waals surface area contributed by atoms with Gasteiger partial charge in [-0.15, -0.1) is 0 Å². The summed E-state index contributed by atoms with van der Waals surface area (Å²) in [6.07, 6.45) is 7.07. The summed E-state index contributed by atoms with van der Waals surface area (Å²) in [5, 5.41) is 5.93. The normalized spacial score (nSPS) is 29.5. The monoisotopic (exact) mass is 397 g/mol. The average Bonchev–Trinajstić information content (AvgIpc) is 2.68. The van der Waals surface area contributed by atoms with E-state index in [0.717, 1.165) is 50.1 Å². The Labute approximate surface area is 174 Å². The number of benzene rings is 1. The molecule has 0 radical (unpaired) electrons. The summed E-state index contributed by atoms with van der Waals surface area (Å²) >= 11 is 0. The van der Waals surface area contributed by atoms with E-state index in [-0.39, 0.29) is 23.8 Å². The highest BCUT2D eigenvalue weighted by Gasteiger charge is 2.54. The molecule has 0 spiro atoms. The van der Waals surface area contributed by atoms with Crippen molar-refractivity contribution in [1.29, 1.82) is 0 Å². The lowest BCUT2D eigenvalue weighted by Gasteiger charge is -2.55. The van der Waals surface area contributed by atoms with Crippen LogP contribution in [0.2, 0.25) is 0 Å². The van der Waals surface area contributed by atoms with Crippen molar-refractivity contribution < 1.29 is 9.59 Å². The molecule has 0 aromatic heterocycles. The Morgan fingerprint density at radius 2 is 1.72 bits per heavy atom. The summed E-state index contributed by atoms with van der Waals surface area (Å²) in [6, 6.07) is 8.42. The highest BCUT2D eigenvalue weighted by Crippen LogP contribution is 2.60. The van der Waals surface area contributed by atoms with Crippen LogP contribution in [0, 0.1) is 30.1 Å². The van der Waals surface area contributed by atoms with Crippen LogP contribution < -0.4 is 15.5 Å². The van der Waals surface area contributed by atoms with Crippen LogP contribution in [0.4, 0.5) is 5.69 Å². The van der Waals surface area contributed by atoms with Crippen molar-refractivity contribution in [3.05, 3.63) is 29.8 Å². The molecule has 0 unspecified atom stereocenters. The molecule has 0 saturated heterocycles. The molecule has 0 heterocycles. The molecule has 4 aliphatic rings. The second-order valence-corrected chi connectivity index (χ2v) is 9.65. The molecular weight excluding hydrogens is 362 g/mol. The van der Waals surface area contributed by atoms with Gasteiger partial charge in [0.25, 0.3) is 0 Å². The van der Waals surface area contributed by atoms with E-state index in [2.05, 4.69) is 53.6 Å². The molecule has 4 bridgehead atoms. The molecule has 4 fully saturated rings. The minimum atomic E-state index is -0.181. The van der Waals surface area contributed by atoms with Gasteiger partial charge in [-0.2, -0.15) is 0 Å². The van der Waals surface area contributed by atoms with Crippen molar-refractivity contribution in [2.24, 2.45) is 23.2 Å². The fourth-order valence-corrected chi connectivity index (χ4v) is 6.42. The molecule has 2 N–H and O–H groups in total. The van der Waals surface area contributed by atoms with Crippen molar-refractivity contribution in [3.63, 3.8) is 0 Å². The Hall–Kier alpha value is -2.04. The molecule has 4 saturated carbocycles. The quantitative estimate of drug-likeness (QED) is 0.708. The van der Waals surface area contributed by atoms with E-state index in [1.165, 1.54) is 30.5 Å². The number of carbonyl (C=O) groups excluding carboxylic acids is 2. The molecule has 2 amide bonds. The van der Waals surface area contributed by atoms with Crippen LogP contribution >= 0.6 is 0 Å². The number of nitrogens with zero attached hydrogens (tertiary/aromatic N) is 1. The Balaban J connectivity index is 1.22. The number of hydrogen-bond donors (Lipinski definition) is 2. The summed E-state index contributed by atoms with van der Waals surface area (Å²) in [6.45, 7) is 6.53. The summed E-state index contributed by atoms with van der Waals surface area (Å²) in [5.41, 5.74) is 2.23. The number of likely N-dealkylation sites (N-methyl/N-ethyl adjacent to an activating group) is 1. The molecule has 158 valence electrons. The molecule has 0 aliphatic heterocycles. The minimum absolute atomic E-state index is 0.0941. The number of amides is 2. The maximum Gasteiger partial charge on any atom is 0.239 e. The Bertz CT molecular complexity index is 725. The van der Waals surface area contributed by atoms with Crippen molar-refractivity contribution in [2.75, 3.05) is 31.1 Å². The third kappa shape index (κ3) is 4.44. The highest BCUT2D eigenvalue weighted by atomic mass is 16.2. The smallest absolute Gasteiger partial charge is 0.239 e. The predicted octanol–water partition coefficient (Wildman–Crippen LogP) is 3.27. The first-order valence-electron chi connectivity index (χ1n) is 11.3. The lowest BCUT2D eigenvalue weighted by molar-refractivity contribution is -0.147. The average molecular weight is 398 g/mol. The molecule has 0 atom stereocenters. The van der Waals surface area contributed by atoms with Gasteiger partial charge in [-0.05, 0) is 87.8 Å². The molecule has 4 aliphatic carbocycles. The second kappa shape index (κ2) is 8.37. The fraction of sp³-hybridized carbons (Fsp3) is 0.667. The van der Waals surface area contributed by atoms with Crippen molar-refractivity contribution >= 4 is 17.5 Å². The minimum Gasteiger partial charge on any atom is -0.370 e. The maximum absolute atomic E-state index is 12.9. The Kier molecular flexibility index (Phi) is 5.84. The molecule has 29 heavy (non-hydrogen) atoms. The van der Waals surface area contributed by atoms with Gasteiger partial charge < -0.3 is 15.5 Å². The van der Waals surface area contributed by atoms with E-state index < -0.39 is 0 Å². The van der Waals surface area contributed by atoms with Gasteiger partial charge in [0.05, 0.1) is 6.54 Å². The van der Waals surface area contributed by atoms with E-state index in [0.29, 0.717) is 6.54 Å². The topological polar surface area (TPSA) is 61.4 Å². The molecule has 5 nitrogen and oxygen atoms in total. The third-order valence-electron chi connectivity index (χ3n) is 7.38. The van der Waals surface area contributed by atoms with Crippen LogP contribution in [0.5, 0.6) is 0 Å². The number of carbonyl (C=O) groups is 2. The van der Waals surface area contributed by atoms with E-state index in [9.17, 15) is 9.59 Å². The number of anilines is 1. The van der Waals surface area contributed by atoms with Crippen LogP contribution in [-0.4, -0.2) is 38.0 Å². The molecule has 1 aromatic carbocycles. The van der Waals surface area contributed by atoms with E-state index in [4.69, 9.17) is 0 Å². The van der Waals surface area contributed by atoms with Gasteiger partial charge in [0.2, 0.25) is 11.8 Å². The van der Waals surface area contributed by atoms with Crippen LogP contribution in [0.15, 0.2) is 24.3 Å². The largest absolute Gasteiger partial charge is 0.370 e. The van der Waals surface area contributed by atoms with Crippen LogP contribution in [0.3, 0.4) is 0 Å². The van der Waals surface area contributed by atoms with Crippen LogP contribution in [-0.2, 0) is 9.59 Å². The van der Waals surface area contributed by atoms with Crippen LogP contribution in [0.1, 0.15) is 51.0 Å². The first-order valence-corrected chi connectivity index (χ1v) is 11.3. The van der Waals surface area contributed by atoms with Gasteiger partial charge >= 0.3 is 0 Å². The highest BCUT2D eigenvalue weighted by molar-refractivity contribution is 5.88. The van der Waals surface area contributed by atoms with Gasteiger partial charge in [-0.3, -0.25) is 9.59 Å². The van der Waals surface area contributed by atoms with Gasteiger partial charge in [0.15, 0.2) is 0 Å². The van der Waals surface area contributed by atoms with E-state index in [1.54, 1.807) is 0 Å². The van der Waals surface area contributed by atoms with Gasteiger partial charge in [-0.25, -0.2) is 0 Å². The van der Waals surface area contributed by atoms with Crippen molar-refractivity contribution in [3.8, 4) is 0 Å². The van der Waals surface area contributed by atoms with E-state index in [1.807, 2.05) is 0 Å². The molecular formula is C24H35N3O2. The number of nitrogens with one attached hydrogen (secondary N) is 2. The summed E-state index contributed by atoms with van der Waals surface area (Å²) in [5.74, 6) is 2.25. The molecule has 5 heteroatoms. The maximum atomic E-state index is 12.9. The number of aryl methyl sites for hydroxylation is 1. The van der Waals surface area contributed by atoms with E-state index >= 15 is 0 Å². The number of rotatable bonds is 8. The summed E-state index contributed by atoms with van der Waals surface area (Å²) in [4.78, 5) is 27.5. The molecule has 5 rings (SSSR count). The van der Waals surface area contributed by atoms with Crippen LogP contribution in [0.25, 0.3) is 0 Å². The Morgan fingerprint density at radius 1 is 1.07 bits per heavy atom. The second-order valence-electron chi connectivity index (χ2n) is 9.65. The van der Waals surface area contributed by atoms with Gasteiger partial charge in [-0.1, -0.05) is 12.1 Å². The van der Waals surface area contributed by atoms with Crippen molar-refractivity contribution in [2.45, 2.75) is 52.4 Å². The summed E-state index contributed by atoms with van der Waals surface area (Å²) in [7, 11) is 0. The summed E-state index contributed by atoms with van der Waals surface area (Å²) < 4.78 is 0.